The van der Waals surface area contributed by atoms with Crippen LogP contribution < -0.4 is 5.32 Å². The van der Waals surface area contributed by atoms with Crippen molar-refractivity contribution in [3.63, 3.8) is 0 Å². The summed E-state index contributed by atoms with van der Waals surface area (Å²) in [6, 6.07) is 0. The molecule has 1 aliphatic heterocycles. The Hall–Kier alpha value is -0.120. The van der Waals surface area contributed by atoms with Crippen molar-refractivity contribution in [3.05, 3.63) is 0 Å². The van der Waals surface area contributed by atoms with Crippen LogP contribution in [0.15, 0.2) is 0 Å². The molecule has 1 unspecified atom stereocenters. The summed E-state index contributed by atoms with van der Waals surface area (Å²) < 4.78 is 5.25. The van der Waals surface area contributed by atoms with Gasteiger partial charge in [0, 0.05) is 32.3 Å². The minimum absolute atomic E-state index is 0.372. The third-order valence-electron chi connectivity index (χ3n) is 3.82. The number of hydrogen-bond acceptors (Lipinski definition) is 3. The Morgan fingerprint density at radius 1 is 1.39 bits per heavy atom. The zero-order chi connectivity index (χ0) is 13.4. The van der Waals surface area contributed by atoms with Crippen LogP contribution in [0.1, 0.15) is 46.5 Å². The van der Waals surface area contributed by atoms with Crippen molar-refractivity contribution >= 4 is 0 Å². The van der Waals surface area contributed by atoms with E-state index in [0.717, 1.165) is 19.1 Å². The zero-order valence-electron chi connectivity index (χ0n) is 12.8. The normalized spacial score (nSPS) is 24.3. The van der Waals surface area contributed by atoms with Crippen LogP contribution in [0.2, 0.25) is 0 Å². The third kappa shape index (κ3) is 5.25. The van der Waals surface area contributed by atoms with Crippen LogP contribution in [0.4, 0.5) is 0 Å². The molecule has 3 heteroatoms. The largest absolute Gasteiger partial charge is 0.383 e. The van der Waals surface area contributed by atoms with Gasteiger partial charge in [-0.25, -0.2) is 0 Å². The lowest BCUT2D eigenvalue weighted by molar-refractivity contribution is 0.113. The topological polar surface area (TPSA) is 24.5 Å². The number of hydrogen-bond donors (Lipinski definition) is 1. The minimum atomic E-state index is 0.372. The quantitative estimate of drug-likeness (QED) is 0.686. The second-order valence-corrected chi connectivity index (χ2v) is 6.18. The Bertz CT molecular complexity index is 213. The van der Waals surface area contributed by atoms with E-state index in [2.05, 4.69) is 31.0 Å². The first-order valence-corrected chi connectivity index (χ1v) is 7.58. The van der Waals surface area contributed by atoms with Crippen molar-refractivity contribution in [1.29, 1.82) is 0 Å². The Morgan fingerprint density at radius 2 is 2.17 bits per heavy atom. The molecule has 3 nitrogen and oxygen atoms in total. The maximum Gasteiger partial charge on any atom is 0.0589 e. The molecule has 1 atom stereocenters. The van der Waals surface area contributed by atoms with Gasteiger partial charge in [-0.05, 0) is 31.7 Å². The van der Waals surface area contributed by atoms with E-state index in [1.54, 1.807) is 7.11 Å². The van der Waals surface area contributed by atoms with Crippen LogP contribution in [0.25, 0.3) is 0 Å². The highest BCUT2D eigenvalue weighted by Crippen LogP contribution is 2.26. The lowest BCUT2D eigenvalue weighted by Gasteiger charge is -2.36. The number of nitrogens with zero attached hydrogens (tertiary/aromatic N) is 1. The van der Waals surface area contributed by atoms with Gasteiger partial charge in [0.25, 0.3) is 0 Å². The Labute approximate surface area is 113 Å². The fourth-order valence-corrected chi connectivity index (χ4v) is 3.17. The molecule has 0 saturated carbocycles. The summed E-state index contributed by atoms with van der Waals surface area (Å²) in [5.74, 6) is 0.724. The van der Waals surface area contributed by atoms with E-state index in [-0.39, 0.29) is 0 Å². The average molecular weight is 256 g/mol. The van der Waals surface area contributed by atoms with E-state index in [4.69, 9.17) is 4.74 Å². The monoisotopic (exact) mass is 256 g/mol. The number of rotatable bonds is 9. The van der Waals surface area contributed by atoms with Crippen molar-refractivity contribution in [3.8, 4) is 0 Å². The summed E-state index contributed by atoms with van der Waals surface area (Å²) in [6.45, 7) is 12.3. The average Bonchev–Trinajstić information content (AvgIpc) is 2.74. The van der Waals surface area contributed by atoms with Crippen molar-refractivity contribution < 1.29 is 4.74 Å². The van der Waals surface area contributed by atoms with Gasteiger partial charge in [-0.15, -0.1) is 0 Å². The van der Waals surface area contributed by atoms with Gasteiger partial charge >= 0.3 is 0 Å². The summed E-state index contributed by atoms with van der Waals surface area (Å²) in [7, 11) is 1.79. The van der Waals surface area contributed by atoms with Crippen LogP contribution >= 0.6 is 0 Å². The molecule has 0 aromatic carbocycles. The molecule has 1 heterocycles. The van der Waals surface area contributed by atoms with Crippen molar-refractivity contribution in [2.24, 2.45) is 5.92 Å². The molecule has 1 N–H and O–H groups in total. The third-order valence-corrected chi connectivity index (χ3v) is 3.82. The van der Waals surface area contributed by atoms with Gasteiger partial charge in [-0.2, -0.15) is 0 Å². The summed E-state index contributed by atoms with van der Waals surface area (Å²) in [5.41, 5.74) is 0.372. The second kappa shape index (κ2) is 8.13. The van der Waals surface area contributed by atoms with Crippen LogP contribution in [0.5, 0.6) is 0 Å². The van der Waals surface area contributed by atoms with Gasteiger partial charge in [0.15, 0.2) is 0 Å². The molecule has 0 amide bonds. The molecule has 1 rings (SSSR count). The summed E-state index contributed by atoms with van der Waals surface area (Å²) >= 11 is 0. The first-order chi connectivity index (χ1) is 8.62. The molecule has 0 spiro atoms. The van der Waals surface area contributed by atoms with E-state index < -0.39 is 0 Å². The Morgan fingerprint density at radius 3 is 2.67 bits per heavy atom. The highest BCUT2D eigenvalue weighted by molar-refractivity contribution is 4.95. The standard InChI is InChI=1S/C15H32N2O/c1-5-7-15(8-6-9-16-15)13-17(10-11-18-4)12-14(2)3/h14,16H,5-13H2,1-4H3. The molecular weight excluding hydrogens is 224 g/mol. The smallest absolute Gasteiger partial charge is 0.0589 e. The van der Waals surface area contributed by atoms with E-state index in [1.165, 1.54) is 45.3 Å². The van der Waals surface area contributed by atoms with Gasteiger partial charge in [-0.3, -0.25) is 4.90 Å². The molecule has 18 heavy (non-hydrogen) atoms. The molecule has 0 bridgehead atoms. The predicted molar refractivity (Wildman–Crippen MR) is 78.0 cm³/mol. The summed E-state index contributed by atoms with van der Waals surface area (Å²) in [6.07, 6.45) is 5.24. The van der Waals surface area contributed by atoms with Crippen molar-refractivity contribution in [2.45, 2.75) is 52.0 Å². The Balaban J connectivity index is 2.54. The SMILES string of the molecule is CCCC1(CN(CCOC)CC(C)C)CCCN1. The molecule has 1 aliphatic rings. The highest BCUT2D eigenvalue weighted by atomic mass is 16.5. The van der Waals surface area contributed by atoms with E-state index in [1.807, 2.05) is 0 Å². The van der Waals surface area contributed by atoms with E-state index in [9.17, 15) is 0 Å². The molecule has 0 aromatic heterocycles. The molecule has 108 valence electrons. The summed E-state index contributed by atoms with van der Waals surface area (Å²) in [4.78, 5) is 2.59. The second-order valence-electron chi connectivity index (χ2n) is 6.18. The van der Waals surface area contributed by atoms with Gasteiger partial charge in [-0.1, -0.05) is 27.2 Å². The maximum absolute atomic E-state index is 5.25. The lowest BCUT2D eigenvalue weighted by Crippen LogP contribution is -2.51. The molecule has 0 radical (unpaired) electrons. The lowest BCUT2D eigenvalue weighted by atomic mass is 9.91. The Kier molecular flexibility index (Phi) is 7.20. The van der Waals surface area contributed by atoms with Gasteiger partial charge in [0.1, 0.15) is 0 Å². The van der Waals surface area contributed by atoms with Crippen LogP contribution in [-0.2, 0) is 4.74 Å². The van der Waals surface area contributed by atoms with Gasteiger partial charge in [0.05, 0.1) is 6.61 Å². The number of methoxy groups -OCH3 is 1. The van der Waals surface area contributed by atoms with Crippen molar-refractivity contribution in [1.82, 2.24) is 10.2 Å². The first kappa shape index (κ1) is 15.9. The van der Waals surface area contributed by atoms with Gasteiger partial charge < -0.3 is 10.1 Å². The minimum Gasteiger partial charge on any atom is -0.383 e. The molecule has 1 saturated heterocycles. The fourth-order valence-electron chi connectivity index (χ4n) is 3.17. The fraction of sp³-hybridized carbons (Fsp3) is 1.00. The zero-order valence-corrected chi connectivity index (χ0v) is 12.8. The molecule has 1 fully saturated rings. The molecule has 0 aliphatic carbocycles. The van der Waals surface area contributed by atoms with Crippen LogP contribution in [-0.4, -0.2) is 50.3 Å². The highest BCUT2D eigenvalue weighted by Gasteiger charge is 2.34. The van der Waals surface area contributed by atoms with Crippen LogP contribution in [0, 0.1) is 5.92 Å². The number of ether oxygens (including phenoxy) is 1. The first-order valence-electron chi connectivity index (χ1n) is 7.58. The summed E-state index contributed by atoms with van der Waals surface area (Å²) in [5, 5.41) is 3.77. The molecular formula is C15H32N2O. The molecule has 0 aromatic rings. The maximum atomic E-state index is 5.25. The van der Waals surface area contributed by atoms with E-state index in [0.29, 0.717) is 5.54 Å². The number of nitrogens with one attached hydrogen (secondary N) is 1. The predicted octanol–water partition coefficient (Wildman–Crippen LogP) is 2.51. The van der Waals surface area contributed by atoms with Crippen LogP contribution in [0.3, 0.4) is 0 Å². The van der Waals surface area contributed by atoms with Gasteiger partial charge in [0.2, 0.25) is 0 Å². The van der Waals surface area contributed by atoms with E-state index >= 15 is 0 Å². The van der Waals surface area contributed by atoms with Crippen molar-refractivity contribution in [2.75, 3.05) is 39.9 Å².